The number of aryl methyl sites for hydroxylation is 2. The molecule has 0 radical (unpaired) electrons. The molecule has 0 atom stereocenters. The van der Waals surface area contributed by atoms with Crippen LogP contribution in [-0.4, -0.2) is 71.4 Å². The Morgan fingerprint density at radius 2 is 1.70 bits per heavy atom. The van der Waals surface area contributed by atoms with Crippen LogP contribution in [0, 0.1) is 26.7 Å². The van der Waals surface area contributed by atoms with E-state index in [-0.39, 0.29) is 5.91 Å². The van der Waals surface area contributed by atoms with Crippen LogP contribution in [0.15, 0.2) is 17.3 Å². The summed E-state index contributed by atoms with van der Waals surface area (Å²) in [6, 6.07) is 4.09. The Bertz CT molecular complexity index is 965. The highest BCUT2D eigenvalue weighted by Gasteiger charge is 2.23. The van der Waals surface area contributed by atoms with Crippen molar-refractivity contribution in [3.63, 3.8) is 0 Å². The Morgan fingerprint density at radius 3 is 2.30 bits per heavy atom. The number of imidazole rings is 1. The van der Waals surface area contributed by atoms with Gasteiger partial charge in [-0.1, -0.05) is 25.6 Å². The van der Waals surface area contributed by atoms with E-state index in [4.69, 9.17) is 14.5 Å². The molecule has 2 heterocycles. The fourth-order valence-electron chi connectivity index (χ4n) is 4.12. The Kier molecular flexibility index (Phi) is 8.70. The summed E-state index contributed by atoms with van der Waals surface area (Å²) in [6.07, 6.45) is 0. The van der Waals surface area contributed by atoms with E-state index >= 15 is 0 Å². The molecule has 1 saturated heterocycles. The molecule has 8 heteroatoms. The quantitative estimate of drug-likeness (QED) is 0.514. The molecule has 1 aromatic heterocycles. The van der Waals surface area contributed by atoms with E-state index in [1.165, 1.54) is 16.8 Å². The lowest BCUT2D eigenvalue weighted by Gasteiger charge is -2.35. The van der Waals surface area contributed by atoms with Crippen molar-refractivity contribution in [2.24, 2.45) is 5.92 Å². The molecule has 0 aliphatic carbocycles. The number of aromatic nitrogens is 2. The molecule has 1 amide bonds. The average molecular weight is 475 g/mol. The van der Waals surface area contributed by atoms with Gasteiger partial charge in [-0.3, -0.25) is 9.69 Å². The molecule has 2 aromatic rings. The van der Waals surface area contributed by atoms with E-state index in [0.29, 0.717) is 11.7 Å². The Hall–Kier alpha value is -2.19. The number of benzene rings is 1. The zero-order chi connectivity index (χ0) is 24.1. The summed E-state index contributed by atoms with van der Waals surface area (Å²) in [5, 5.41) is 0.953. The van der Waals surface area contributed by atoms with Gasteiger partial charge in [-0.2, -0.15) is 0 Å². The number of thioether (sulfide) groups is 1. The molecule has 0 unspecified atom stereocenters. The van der Waals surface area contributed by atoms with Gasteiger partial charge in [-0.05, 0) is 49.9 Å². The van der Waals surface area contributed by atoms with E-state index in [0.717, 1.165) is 61.6 Å². The van der Waals surface area contributed by atoms with Crippen LogP contribution in [0.1, 0.15) is 36.4 Å². The number of nitrogens with zero attached hydrogens (tertiary/aromatic N) is 4. The minimum atomic E-state index is 0.191. The first-order chi connectivity index (χ1) is 15.7. The van der Waals surface area contributed by atoms with Crippen molar-refractivity contribution in [2.45, 2.75) is 52.9 Å². The van der Waals surface area contributed by atoms with Crippen molar-refractivity contribution in [1.29, 1.82) is 0 Å². The molecule has 1 aliphatic rings. The van der Waals surface area contributed by atoms with E-state index in [2.05, 4.69) is 43.2 Å². The van der Waals surface area contributed by atoms with Crippen LogP contribution in [-0.2, 0) is 17.9 Å². The number of rotatable bonds is 9. The topological polar surface area (TPSA) is 59.8 Å². The van der Waals surface area contributed by atoms with Crippen molar-refractivity contribution in [2.75, 3.05) is 46.2 Å². The van der Waals surface area contributed by atoms with Crippen LogP contribution in [0.4, 0.5) is 0 Å². The molecule has 182 valence electrons. The van der Waals surface area contributed by atoms with Gasteiger partial charge in [0.1, 0.15) is 0 Å². The zero-order valence-corrected chi connectivity index (χ0v) is 21.9. The summed E-state index contributed by atoms with van der Waals surface area (Å²) < 4.78 is 13.1. The van der Waals surface area contributed by atoms with Crippen LogP contribution in [0.25, 0.3) is 0 Å². The monoisotopic (exact) mass is 474 g/mol. The molecule has 1 fully saturated rings. The fourth-order valence-corrected chi connectivity index (χ4v) is 5.12. The van der Waals surface area contributed by atoms with Crippen LogP contribution in [0.3, 0.4) is 0 Å². The third kappa shape index (κ3) is 6.23. The number of amides is 1. The summed E-state index contributed by atoms with van der Waals surface area (Å²) >= 11 is 1.56. The normalized spacial score (nSPS) is 14.7. The number of methoxy groups -OCH3 is 2. The third-order valence-corrected chi connectivity index (χ3v) is 7.22. The minimum Gasteiger partial charge on any atom is -0.493 e. The number of ether oxygens (including phenoxy) is 2. The maximum Gasteiger partial charge on any atom is 0.233 e. The SMILES string of the molecule is COc1cc(C)c(CN2CCN(C(=O)CSc3nc(C)c(C)n3CC(C)C)CC2)cc1OC. The Labute approximate surface area is 202 Å². The maximum absolute atomic E-state index is 12.9. The third-order valence-electron chi connectivity index (χ3n) is 6.26. The lowest BCUT2D eigenvalue weighted by atomic mass is 10.1. The number of carbonyl (C=O) groups excluding carboxylic acids is 1. The standard InChI is InChI=1S/C25H38N4O3S/c1-17(2)14-29-20(5)19(4)26-25(29)33-16-24(30)28-10-8-27(9-11-28)15-21-13-23(32-7)22(31-6)12-18(21)3/h12-13,17H,8-11,14-16H2,1-7H3. The van der Waals surface area contributed by atoms with Gasteiger partial charge in [-0.15, -0.1) is 0 Å². The number of hydrogen-bond acceptors (Lipinski definition) is 6. The van der Waals surface area contributed by atoms with Gasteiger partial charge in [0, 0.05) is 45.0 Å². The fraction of sp³-hybridized carbons (Fsp3) is 0.600. The van der Waals surface area contributed by atoms with Gasteiger partial charge < -0.3 is 18.9 Å². The van der Waals surface area contributed by atoms with Gasteiger partial charge in [0.25, 0.3) is 0 Å². The summed E-state index contributed by atoms with van der Waals surface area (Å²) in [5.74, 6) is 2.67. The second-order valence-electron chi connectivity index (χ2n) is 9.15. The second-order valence-corrected chi connectivity index (χ2v) is 10.1. The smallest absolute Gasteiger partial charge is 0.233 e. The van der Waals surface area contributed by atoms with E-state index < -0.39 is 0 Å². The van der Waals surface area contributed by atoms with Gasteiger partial charge in [0.05, 0.1) is 25.7 Å². The summed E-state index contributed by atoms with van der Waals surface area (Å²) in [7, 11) is 3.32. The maximum atomic E-state index is 12.9. The molecule has 3 rings (SSSR count). The van der Waals surface area contributed by atoms with Gasteiger partial charge in [0.15, 0.2) is 16.7 Å². The van der Waals surface area contributed by atoms with Crippen molar-refractivity contribution in [3.05, 3.63) is 34.6 Å². The molecular weight excluding hydrogens is 436 g/mol. The molecule has 0 saturated carbocycles. The van der Waals surface area contributed by atoms with Crippen LogP contribution < -0.4 is 9.47 Å². The molecule has 0 N–H and O–H groups in total. The predicted octanol–water partition coefficient (Wildman–Crippen LogP) is 3.92. The van der Waals surface area contributed by atoms with E-state index in [9.17, 15) is 4.79 Å². The van der Waals surface area contributed by atoms with Gasteiger partial charge in [-0.25, -0.2) is 4.98 Å². The molecule has 0 bridgehead atoms. The Morgan fingerprint density at radius 1 is 1.06 bits per heavy atom. The zero-order valence-electron chi connectivity index (χ0n) is 21.1. The predicted molar refractivity (Wildman–Crippen MR) is 133 cm³/mol. The van der Waals surface area contributed by atoms with Gasteiger partial charge in [0.2, 0.25) is 5.91 Å². The summed E-state index contributed by atoms with van der Waals surface area (Å²) in [4.78, 5) is 22.0. The molecule has 1 aromatic carbocycles. The van der Waals surface area contributed by atoms with Crippen LogP contribution >= 0.6 is 11.8 Å². The highest BCUT2D eigenvalue weighted by atomic mass is 32.2. The van der Waals surface area contributed by atoms with Gasteiger partial charge >= 0.3 is 0 Å². The lowest BCUT2D eigenvalue weighted by molar-refractivity contribution is -0.130. The van der Waals surface area contributed by atoms with Crippen LogP contribution in [0.5, 0.6) is 11.5 Å². The highest BCUT2D eigenvalue weighted by Crippen LogP contribution is 2.31. The highest BCUT2D eigenvalue weighted by molar-refractivity contribution is 7.99. The molecule has 1 aliphatic heterocycles. The lowest BCUT2D eigenvalue weighted by Crippen LogP contribution is -2.48. The van der Waals surface area contributed by atoms with E-state index in [1.807, 2.05) is 17.9 Å². The van der Waals surface area contributed by atoms with Crippen molar-refractivity contribution in [1.82, 2.24) is 19.4 Å². The molecular formula is C25H38N4O3S. The van der Waals surface area contributed by atoms with Crippen molar-refractivity contribution in [3.8, 4) is 11.5 Å². The summed E-state index contributed by atoms with van der Waals surface area (Å²) in [5.41, 5.74) is 4.65. The number of hydrogen-bond donors (Lipinski definition) is 0. The molecule has 7 nitrogen and oxygen atoms in total. The first-order valence-electron chi connectivity index (χ1n) is 11.6. The Balaban J connectivity index is 1.53. The first kappa shape index (κ1) is 25.4. The number of carbonyl (C=O) groups is 1. The first-order valence-corrected chi connectivity index (χ1v) is 12.6. The van der Waals surface area contributed by atoms with Crippen LogP contribution in [0.2, 0.25) is 0 Å². The molecule has 0 spiro atoms. The van der Waals surface area contributed by atoms with Crippen molar-refractivity contribution >= 4 is 17.7 Å². The second kappa shape index (κ2) is 11.3. The number of piperazine rings is 1. The van der Waals surface area contributed by atoms with Crippen molar-refractivity contribution < 1.29 is 14.3 Å². The largest absolute Gasteiger partial charge is 0.493 e. The molecule has 33 heavy (non-hydrogen) atoms. The minimum absolute atomic E-state index is 0.191. The van der Waals surface area contributed by atoms with E-state index in [1.54, 1.807) is 26.0 Å². The summed E-state index contributed by atoms with van der Waals surface area (Å²) in [6.45, 7) is 15.7. The average Bonchev–Trinajstić information content (AvgIpc) is 3.06.